The number of amides is 1. The molecule has 21 heavy (non-hydrogen) atoms. The Morgan fingerprint density at radius 1 is 1.24 bits per heavy atom. The third-order valence-electron chi connectivity index (χ3n) is 3.45. The average molecular weight is 286 g/mol. The summed E-state index contributed by atoms with van der Waals surface area (Å²) in [7, 11) is 1.83. The molecule has 0 aliphatic rings. The number of aryl methyl sites for hydroxylation is 1. The molecular formula is C17H19FN2O. The smallest absolute Gasteiger partial charge is 0.258 e. The fourth-order valence-electron chi connectivity index (χ4n) is 2.30. The molecule has 0 spiro atoms. The number of rotatable bonds is 4. The Morgan fingerprint density at radius 3 is 2.52 bits per heavy atom. The van der Waals surface area contributed by atoms with Crippen LogP contribution in [0.2, 0.25) is 0 Å². The molecular weight excluding hydrogens is 267 g/mol. The lowest BCUT2D eigenvalue weighted by Gasteiger charge is -2.22. The molecule has 0 aliphatic carbocycles. The molecule has 110 valence electrons. The number of carbonyl (C=O) groups excluding carboxylic acids is 1. The van der Waals surface area contributed by atoms with E-state index in [-0.39, 0.29) is 5.91 Å². The highest BCUT2D eigenvalue weighted by Gasteiger charge is 2.20. The first-order valence-electron chi connectivity index (χ1n) is 6.93. The van der Waals surface area contributed by atoms with Crippen molar-refractivity contribution < 1.29 is 9.18 Å². The fourth-order valence-corrected chi connectivity index (χ4v) is 2.30. The highest BCUT2D eigenvalue weighted by molar-refractivity contribution is 6.07. The standard InChI is InChI=1S/C17H19FN2O/c1-4-20(16-8-6-5-7-15(16)18)17(21)14-10-9-13(19-3)11-12(14)2/h5-11,19H,4H2,1-3H3. The van der Waals surface area contributed by atoms with Crippen LogP contribution in [0.25, 0.3) is 0 Å². The van der Waals surface area contributed by atoms with Crippen molar-refractivity contribution in [1.82, 2.24) is 0 Å². The Morgan fingerprint density at radius 2 is 1.95 bits per heavy atom. The van der Waals surface area contributed by atoms with Crippen LogP contribution >= 0.6 is 0 Å². The summed E-state index contributed by atoms with van der Waals surface area (Å²) in [6, 6.07) is 11.8. The fraction of sp³-hybridized carbons (Fsp3) is 0.235. The van der Waals surface area contributed by atoms with Crippen LogP contribution in [0.5, 0.6) is 0 Å². The third kappa shape index (κ3) is 3.05. The second-order valence-electron chi connectivity index (χ2n) is 4.78. The molecule has 1 N–H and O–H groups in total. The molecule has 0 atom stereocenters. The lowest BCUT2D eigenvalue weighted by atomic mass is 10.1. The van der Waals surface area contributed by atoms with Crippen LogP contribution < -0.4 is 10.2 Å². The summed E-state index contributed by atoms with van der Waals surface area (Å²) in [5.41, 5.74) is 2.70. The molecule has 4 heteroatoms. The number of para-hydroxylation sites is 1. The maximum Gasteiger partial charge on any atom is 0.258 e. The van der Waals surface area contributed by atoms with Gasteiger partial charge < -0.3 is 10.2 Å². The van der Waals surface area contributed by atoms with E-state index in [2.05, 4.69) is 5.32 Å². The maximum atomic E-state index is 13.9. The van der Waals surface area contributed by atoms with Gasteiger partial charge in [0.1, 0.15) is 5.82 Å². The summed E-state index contributed by atoms with van der Waals surface area (Å²) in [4.78, 5) is 14.1. The van der Waals surface area contributed by atoms with Crippen molar-refractivity contribution in [2.45, 2.75) is 13.8 Å². The highest BCUT2D eigenvalue weighted by atomic mass is 19.1. The van der Waals surface area contributed by atoms with Crippen molar-refractivity contribution in [3.05, 3.63) is 59.4 Å². The normalized spacial score (nSPS) is 10.3. The molecule has 3 nitrogen and oxygen atoms in total. The Kier molecular flexibility index (Phi) is 4.58. The van der Waals surface area contributed by atoms with E-state index in [0.29, 0.717) is 17.8 Å². The Bertz CT molecular complexity index is 655. The number of hydrogen-bond acceptors (Lipinski definition) is 2. The third-order valence-corrected chi connectivity index (χ3v) is 3.45. The predicted octanol–water partition coefficient (Wildman–Crippen LogP) is 3.84. The Balaban J connectivity index is 2.39. The second kappa shape index (κ2) is 6.39. The molecule has 0 heterocycles. The van der Waals surface area contributed by atoms with Crippen molar-refractivity contribution in [2.24, 2.45) is 0 Å². The van der Waals surface area contributed by atoms with E-state index < -0.39 is 5.82 Å². The number of hydrogen-bond donors (Lipinski definition) is 1. The van der Waals surface area contributed by atoms with Crippen LogP contribution in [-0.4, -0.2) is 19.5 Å². The van der Waals surface area contributed by atoms with Gasteiger partial charge in [0.25, 0.3) is 5.91 Å². The Labute approximate surface area is 124 Å². The topological polar surface area (TPSA) is 32.3 Å². The minimum Gasteiger partial charge on any atom is -0.388 e. The zero-order valence-corrected chi connectivity index (χ0v) is 12.5. The molecule has 0 aliphatic heterocycles. The first-order chi connectivity index (χ1) is 10.1. The number of benzene rings is 2. The van der Waals surface area contributed by atoms with E-state index in [9.17, 15) is 9.18 Å². The van der Waals surface area contributed by atoms with Crippen molar-refractivity contribution in [3.8, 4) is 0 Å². The van der Waals surface area contributed by atoms with Gasteiger partial charge >= 0.3 is 0 Å². The summed E-state index contributed by atoms with van der Waals surface area (Å²) in [6.45, 7) is 4.12. The minimum absolute atomic E-state index is 0.192. The zero-order chi connectivity index (χ0) is 15.4. The second-order valence-corrected chi connectivity index (χ2v) is 4.78. The molecule has 2 rings (SSSR count). The monoisotopic (exact) mass is 286 g/mol. The first-order valence-corrected chi connectivity index (χ1v) is 6.93. The zero-order valence-electron chi connectivity index (χ0n) is 12.5. The summed E-state index contributed by atoms with van der Waals surface area (Å²) in [5, 5.41) is 3.03. The van der Waals surface area contributed by atoms with E-state index in [1.165, 1.54) is 11.0 Å². The quantitative estimate of drug-likeness (QED) is 0.926. The van der Waals surface area contributed by atoms with Crippen LogP contribution in [0, 0.1) is 12.7 Å². The molecule has 1 amide bonds. The Hall–Kier alpha value is -2.36. The minimum atomic E-state index is -0.391. The molecule has 2 aromatic rings. The van der Waals surface area contributed by atoms with Gasteiger partial charge in [0.15, 0.2) is 0 Å². The van der Waals surface area contributed by atoms with Gasteiger partial charge in [0.2, 0.25) is 0 Å². The van der Waals surface area contributed by atoms with Gasteiger partial charge in [-0.2, -0.15) is 0 Å². The molecule has 0 bridgehead atoms. The van der Waals surface area contributed by atoms with Crippen molar-refractivity contribution >= 4 is 17.3 Å². The average Bonchev–Trinajstić information content (AvgIpc) is 2.49. The number of carbonyl (C=O) groups is 1. The van der Waals surface area contributed by atoms with Crippen molar-refractivity contribution in [3.63, 3.8) is 0 Å². The van der Waals surface area contributed by atoms with E-state index in [0.717, 1.165) is 11.3 Å². The van der Waals surface area contributed by atoms with Crippen LogP contribution in [0.3, 0.4) is 0 Å². The van der Waals surface area contributed by atoms with E-state index >= 15 is 0 Å². The number of anilines is 2. The van der Waals surface area contributed by atoms with Gasteiger partial charge in [0.05, 0.1) is 5.69 Å². The molecule has 0 radical (unpaired) electrons. The van der Waals surface area contributed by atoms with Crippen LogP contribution in [0.4, 0.5) is 15.8 Å². The molecule has 0 unspecified atom stereocenters. The summed E-state index contributed by atoms with van der Waals surface area (Å²) in [5.74, 6) is -0.583. The van der Waals surface area contributed by atoms with Gasteiger partial charge in [-0.1, -0.05) is 12.1 Å². The van der Waals surface area contributed by atoms with Crippen LogP contribution in [-0.2, 0) is 0 Å². The molecule has 0 saturated carbocycles. The maximum absolute atomic E-state index is 13.9. The largest absolute Gasteiger partial charge is 0.388 e. The van der Waals surface area contributed by atoms with Gasteiger partial charge in [-0.25, -0.2) is 4.39 Å². The van der Waals surface area contributed by atoms with Crippen molar-refractivity contribution in [2.75, 3.05) is 23.8 Å². The predicted molar refractivity (Wildman–Crippen MR) is 84.5 cm³/mol. The van der Waals surface area contributed by atoms with Crippen LogP contribution in [0.1, 0.15) is 22.8 Å². The molecule has 2 aromatic carbocycles. The van der Waals surface area contributed by atoms with Gasteiger partial charge in [-0.3, -0.25) is 4.79 Å². The van der Waals surface area contributed by atoms with Crippen molar-refractivity contribution in [1.29, 1.82) is 0 Å². The lowest BCUT2D eigenvalue weighted by Crippen LogP contribution is -2.31. The van der Waals surface area contributed by atoms with Crippen LogP contribution in [0.15, 0.2) is 42.5 Å². The number of nitrogens with zero attached hydrogens (tertiary/aromatic N) is 1. The van der Waals surface area contributed by atoms with Gasteiger partial charge in [-0.15, -0.1) is 0 Å². The highest BCUT2D eigenvalue weighted by Crippen LogP contribution is 2.23. The molecule has 0 fully saturated rings. The van der Waals surface area contributed by atoms with E-state index in [1.807, 2.05) is 33.0 Å². The first kappa shape index (κ1) is 15.0. The van der Waals surface area contributed by atoms with Gasteiger partial charge in [0, 0.05) is 24.8 Å². The van der Waals surface area contributed by atoms with E-state index in [4.69, 9.17) is 0 Å². The van der Waals surface area contributed by atoms with E-state index in [1.54, 1.807) is 24.3 Å². The summed E-state index contributed by atoms with van der Waals surface area (Å²) >= 11 is 0. The lowest BCUT2D eigenvalue weighted by molar-refractivity contribution is 0.0987. The number of halogens is 1. The number of nitrogens with one attached hydrogen (secondary N) is 1. The molecule has 0 aromatic heterocycles. The SMILES string of the molecule is CCN(C(=O)c1ccc(NC)cc1C)c1ccccc1F. The summed E-state index contributed by atoms with van der Waals surface area (Å²) < 4.78 is 13.9. The van der Waals surface area contributed by atoms with Gasteiger partial charge in [-0.05, 0) is 49.7 Å². The molecule has 0 saturated heterocycles. The summed E-state index contributed by atoms with van der Waals surface area (Å²) in [6.07, 6.45) is 0.